The number of nitrogens with one attached hydrogen (secondary N) is 1. The van der Waals surface area contributed by atoms with E-state index in [0.29, 0.717) is 24.2 Å². The number of ether oxygens (including phenoxy) is 2. The third-order valence-electron chi connectivity index (χ3n) is 6.05. The SMILES string of the molecule is C=C1C=CN([C@@H]2O[C@H](COP(=S)(NC(CCC)C(=O)OC(C)C)Oc3ccccc3)[C@@H](O)[C@@]2(C)O)C(=O)C1. The summed E-state index contributed by atoms with van der Waals surface area (Å²) in [4.78, 5) is 26.6. The van der Waals surface area contributed by atoms with Crippen LogP contribution in [0.1, 0.15) is 47.0 Å². The molecule has 210 valence electrons. The first kappa shape index (κ1) is 30.4. The second-order valence-corrected chi connectivity index (χ2v) is 12.9. The highest BCUT2D eigenvalue weighted by atomic mass is 32.5. The molecule has 0 saturated carbocycles. The van der Waals surface area contributed by atoms with Crippen LogP contribution in [0, 0.1) is 0 Å². The number of para-hydroxylation sites is 1. The number of carbonyl (C=O) groups excluding carboxylic acids is 2. The fourth-order valence-electron chi connectivity index (χ4n) is 4.11. The molecule has 2 aliphatic rings. The molecule has 2 unspecified atom stereocenters. The van der Waals surface area contributed by atoms with Crippen LogP contribution in [-0.2, 0) is 35.4 Å². The fourth-order valence-corrected chi connectivity index (χ4v) is 6.47. The van der Waals surface area contributed by atoms with Gasteiger partial charge in [-0.3, -0.25) is 14.5 Å². The van der Waals surface area contributed by atoms with E-state index in [1.807, 2.05) is 13.0 Å². The molecule has 10 nitrogen and oxygen atoms in total. The minimum Gasteiger partial charge on any atom is -0.462 e. The Morgan fingerprint density at radius 2 is 2.05 bits per heavy atom. The number of allylic oxidation sites excluding steroid dienone is 1. The van der Waals surface area contributed by atoms with Crippen LogP contribution in [0.15, 0.2) is 54.8 Å². The third-order valence-corrected chi connectivity index (χ3v) is 8.47. The van der Waals surface area contributed by atoms with E-state index in [-0.39, 0.29) is 25.0 Å². The van der Waals surface area contributed by atoms with Gasteiger partial charge in [-0.25, -0.2) is 5.09 Å². The molecule has 1 fully saturated rings. The zero-order chi connectivity index (χ0) is 28.1. The summed E-state index contributed by atoms with van der Waals surface area (Å²) in [5, 5.41) is 25.0. The molecule has 3 N–H and O–H groups in total. The molecule has 1 amide bonds. The topological polar surface area (TPSA) is 127 Å². The highest BCUT2D eigenvalue weighted by molar-refractivity contribution is 8.09. The van der Waals surface area contributed by atoms with Crippen molar-refractivity contribution in [1.29, 1.82) is 0 Å². The van der Waals surface area contributed by atoms with Crippen molar-refractivity contribution in [2.45, 2.75) is 83.1 Å². The van der Waals surface area contributed by atoms with Crippen LogP contribution in [0.25, 0.3) is 0 Å². The molecule has 1 aromatic rings. The van der Waals surface area contributed by atoms with Crippen LogP contribution in [0.3, 0.4) is 0 Å². The third kappa shape index (κ3) is 7.51. The number of rotatable bonds is 12. The monoisotopic (exact) mass is 568 g/mol. The average molecular weight is 569 g/mol. The van der Waals surface area contributed by atoms with Gasteiger partial charge in [-0.1, -0.05) is 38.1 Å². The number of hydrogen-bond donors (Lipinski definition) is 3. The summed E-state index contributed by atoms with van der Waals surface area (Å²) >= 11 is 5.79. The Balaban J connectivity index is 1.80. The molecule has 1 aromatic carbocycles. The van der Waals surface area contributed by atoms with Crippen molar-refractivity contribution in [2.75, 3.05) is 6.61 Å². The van der Waals surface area contributed by atoms with Crippen LogP contribution in [0.5, 0.6) is 5.75 Å². The van der Waals surface area contributed by atoms with E-state index in [1.165, 1.54) is 18.0 Å². The Morgan fingerprint density at radius 3 is 2.66 bits per heavy atom. The highest BCUT2D eigenvalue weighted by Crippen LogP contribution is 2.47. The smallest absolute Gasteiger partial charge is 0.323 e. The molecule has 38 heavy (non-hydrogen) atoms. The van der Waals surface area contributed by atoms with E-state index in [4.69, 9.17) is 30.3 Å². The van der Waals surface area contributed by atoms with Crippen molar-refractivity contribution >= 4 is 30.3 Å². The van der Waals surface area contributed by atoms with Crippen LogP contribution < -0.4 is 9.61 Å². The zero-order valence-corrected chi connectivity index (χ0v) is 23.8. The maximum absolute atomic E-state index is 12.8. The van der Waals surface area contributed by atoms with E-state index < -0.39 is 42.7 Å². The van der Waals surface area contributed by atoms with Gasteiger partial charge in [0.2, 0.25) is 5.91 Å². The number of benzene rings is 1. The van der Waals surface area contributed by atoms with Crippen molar-refractivity contribution in [3.8, 4) is 5.75 Å². The van der Waals surface area contributed by atoms with Crippen molar-refractivity contribution in [3.63, 3.8) is 0 Å². The van der Waals surface area contributed by atoms with E-state index in [9.17, 15) is 19.8 Å². The Hall–Kier alpha value is -2.11. The number of nitrogens with zero attached hydrogens (tertiary/aromatic N) is 1. The molecule has 0 spiro atoms. The molecule has 6 atom stereocenters. The number of esters is 1. The first-order chi connectivity index (χ1) is 17.9. The molecular weight excluding hydrogens is 531 g/mol. The quantitative estimate of drug-likeness (QED) is 0.256. The number of aliphatic hydroxyl groups is 2. The van der Waals surface area contributed by atoms with Crippen molar-refractivity contribution in [3.05, 3.63) is 54.8 Å². The standard InChI is InChI=1S/C26H37N2O8PS/c1-6-10-20(24(31)34-17(2)3)27-37(38,36-19-11-8-7-9-12-19)33-16-21-23(30)26(5,32)25(35-21)28-14-13-18(4)15-22(28)29/h7-9,11-14,17,20-21,23,25,30,32H,4,6,10,15-16H2,1-3,5H3,(H,27,38)/t20?,21-,23-,25-,26-,37?/m1/s1. The van der Waals surface area contributed by atoms with Gasteiger partial charge in [-0.15, -0.1) is 0 Å². The largest absolute Gasteiger partial charge is 0.462 e. The van der Waals surface area contributed by atoms with Crippen molar-refractivity contribution < 1.29 is 38.3 Å². The van der Waals surface area contributed by atoms with Crippen LogP contribution in [-0.4, -0.2) is 69.8 Å². The number of amides is 1. The van der Waals surface area contributed by atoms with Crippen LogP contribution in [0.4, 0.5) is 0 Å². The molecule has 0 aromatic heterocycles. The number of carbonyl (C=O) groups is 2. The summed E-state index contributed by atoms with van der Waals surface area (Å²) in [5.41, 5.74) is -1.17. The summed E-state index contributed by atoms with van der Waals surface area (Å²) in [5.74, 6) is -0.367. The first-order valence-electron chi connectivity index (χ1n) is 12.6. The molecule has 0 bridgehead atoms. The van der Waals surface area contributed by atoms with Gasteiger partial charge in [0, 0.05) is 6.20 Å². The predicted octanol–water partition coefficient (Wildman–Crippen LogP) is 3.16. The minimum atomic E-state index is -3.41. The second-order valence-electron chi connectivity index (χ2n) is 9.80. The van der Waals surface area contributed by atoms with Gasteiger partial charge in [0.1, 0.15) is 29.6 Å². The Morgan fingerprint density at radius 1 is 1.37 bits per heavy atom. The van der Waals surface area contributed by atoms with Gasteiger partial charge >= 0.3 is 12.6 Å². The molecule has 1 saturated heterocycles. The Bertz CT molecular complexity index is 1080. The van der Waals surface area contributed by atoms with E-state index in [1.54, 1.807) is 44.2 Å². The summed E-state index contributed by atoms with van der Waals surface area (Å²) in [6.45, 7) is 6.92. The van der Waals surface area contributed by atoms with Gasteiger partial charge in [-0.2, -0.15) is 0 Å². The van der Waals surface area contributed by atoms with E-state index in [2.05, 4.69) is 11.7 Å². The van der Waals surface area contributed by atoms with Gasteiger partial charge in [-0.05, 0) is 62.8 Å². The van der Waals surface area contributed by atoms with Gasteiger partial charge < -0.3 is 28.7 Å². The molecule has 12 heteroatoms. The lowest BCUT2D eigenvalue weighted by atomic mass is 9.95. The average Bonchev–Trinajstić information content (AvgIpc) is 3.06. The molecule has 3 rings (SSSR count). The second kappa shape index (κ2) is 12.8. The first-order valence-corrected chi connectivity index (χ1v) is 15.2. The Labute approximate surface area is 228 Å². The fraction of sp³-hybridized carbons (Fsp3) is 0.538. The highest BCUT2D eigenvalue weighted by Gasteiger charge is 2.55. The summed E-state index contributed by atoms with van der Waals surface area (Å²) < 4.78 is 23.4. The van der Waals surface area contributed by atoms with Crippen molar-refractivity contribution in [1.82, 2.24) is 9.99 Å². The van der Waals surface area contributed by atoms with Crippen molar-refractivity contribution in [2.24, 2.45) is 0 Å². The molecule has 0 radical (unpaired) electrons. The summed E-state index contributed by atoms with van der Waals surface area (Å²) in [7, 11) is 0. The van der Waals surface area contributed by atoms with Crippen LogP contribution in [0.2, 0.25) is 0 Å². The lowest BCUT2D eigenvalue weighted by Gasteiger charge is -2.35. The maximum Gasteiger partial charge on any atom is 0.323 e. The zero-order valence-electron chi connectivity index (χ0n) is 22.1. The maximum atomic E-state index is 12.8. The molecule has 2 heterocycles. The minimum absolute atomic E-state index is 0.0740. The summed E-state index contributed by atoms with van der Waals surface area (Å²) in [6, 6.07) is 7.99. The number of aliphatic hydroxyl groups excluding tert-OH is 1. The van der Waals surface area contributed by atoms with Gasteiger partial charge in [0.25, 0.3) is 0 Å². The summed E-state index contributed by atoms with van der Waals surface area (Å²) in [6.07, 6.45) is 0.379. The molecule has 2 aliphatic heterocycles. The predicted molar refractivity (Wildman–Crippen MR) is 145 cm³/mol. The number of hydrogen-bond acceptors (Lipinski definition) is 9. The van der Waals surface area contributed by atoms with E-state index in [0.717, 1.165) is 0 Å². The lowest BCUT2D eigenvalue weighted by molar-refractivity contribution is -0.156. The molecular formula is C26H37N2O8PS. The molecule has 0 aliphatic carbocycles. The van der Waals surface area contributed by atoms with Crippen LogP contribution >= 0.6 is 6.64 Å². The van der Waals surface area contributed by atoms with Gasteiger partial charge in [0.15, 0.2) is 6.23 Å². The van der Waals surface area contributed by atoms with E-state index >= 15 is 0 Å². The normalized spacial score (nSPS) is 27.9. The Kier molecular flexibility index (Phi) is 10.3. The van der Waals surface area contributed by atoms with Gasteiger partial charge in [0.05, 0.1) is 19.1 Å². The lowest BCUT2D eigenvalue weighted by Crippen LogP contribution is -2.53.